The Hall–Kier alpha value is -0.360. The lowest BCUT2D eigenvalue weighted by Gasteiger charge is -2.30. The van der Waals surface area contributed by atoms with Crippen molar-refractivity contribution in [1.82, 2.24) is 15.1 Å². The first-order valence-electron chi connectivity index (χ1n) is 7.15. The number of nitrogens with zero attached hydrogens (tertiary/aromatic N) is 2. The molecule has 1 N–H and O–H groups in total. The van der Waals surface area contributed by atoms with Gasteiger partial charge in [-0.2, -0.15) is 0 Å². The molecule has 3 heterocycles. The third-order valence-electron chi connectivity index (χ3n) is 4.33. The first kappa shape index (κ1) is 15.0. The number of likely N-dealkylation sites (tertiary alicyclic amines) is 1. The molecule has 110 valence electrons. The van der Waals surface area contributed by atoms with E-state index in [1.54, 1.807) is 0 Å². The molecular formula is C13H24ClN3O2. The van der Waals surface area contributed by atoms with E-state index in [1.807, 2.05) is 4.90 Å². The first-order chi connectivity index (χ1) is 8.81. The molecule has 0 aromatic carbocycles. The fourth-order valence-corrected chi connectivity index (χ4v) is 3.26. The lowest BCUT2D eigenvalue weighted by atomic mass is 10.1. The van der Waals surface area contributed by atoms with Gasteiger partial charge in [-0.25, -0.2) is 0 Å². The van der Waals surface area contributed by atoms with Crippen LogP contribution in [0, 0.1) is 0 Å². The monoisotopic (exact) mass is 289 g/mol. The molecule has 0 aliphatic carbocycles. The minimum absolute atomic E-state index is 0. The summed E-state index contributed by atoms with van der Waals surface area (Å²) >= 11 is 0. The summed E-state index contributed by atoms with van der Waals surface area (Å²) in [6.45, 7) is 5.59. The zero-order chi connectivity index (χ0) is 12.4. The molecule has 1 amide bonds. The summed E-state index contributed by atoms with van der Waals surface area (Å²) in [5, 5.41) is 3.65. The zero-order valence-corrected chi connectivity index (χ0v) is 12.2. The standard InChI is InChI=1S/C13H23N3O2.ClH/c17-13(16-5-7-18-8-6-16)10-15-4-3-11-1-2-12(9-15)14-11;/h11-12,14H,1-10H2;1H. The van der Waals surface area contributed by atoms with Crippen molar-refractivity contribution in [2.75, 3.05) is 45.9 Å². The number of ether oxygens (including phenoxy) is 1. The summed E-state index contributed by atoms with van der Waals surface area (Å²) in [7, 11) is 0. The van der Waals surface area contributed by atoms with Crippen LogP contribution in [0.2, 0.25) is 0 Å². The molecule has 0 aromatic rings. The molecule has 6 heteroatoms. The molecule has 19 heavy (non-hydrogen) atoms. The van der Waals surface area contributed by atoms with E-state index in [0.29, 0.717) is 31.8 Å². The van der Waals surface area contributed by atoms with E-state index < -0.39 is 0 Å². The Labute approximate surface area is 121 Å². The molecule has 0 aromatic heterocycles. The van der Waals surface area contributed by atoms with Gasteiger partial charge < -0.3 is 15.0 Å². The summed E-state index contributed by atoms with van der Waals surface area (Å²) in [6, 6.07) is 1.30. The van der Waals surface area contributed by atoms with Gasteiger partial charge in [0.15, 0.2) is 0 Å². The maximum Gasteiger partial charge on any atom is 0.236 e. The van der Waals surface area contributed by atoms with E-state index in [-0.39, 0.29) is 18.3 Å². The maximum absolute atomic E-state index is 12.2. The van der Waals surface area contributed by atoms with Gasteiger partial charge in [-0.05, 0) is 19.3 Å². The second-order valence-electron chi connectivity index (χ2n) is 5.65. The van der Waals surface area contributed by atoms with Gasteiger partial charge in [-0.15, -0.1) is 12.4 Å². The van der Waals surface area contributed by atoms with Crippen molar-refractivity contribution in [3.05, 3.63) is 0 Å². The molecule has 3 rings (SSSR count). The van der Waals surface area contributed by atoms with Crippen LogP contribution in [0.5, 0.6) is 0 Å². The predicted molar refractivity (Wildman–Crippen MR) is 75.6 cm³/mol. The average molecular weight is 290 g/mol. The number of halogens is 1. The molecule has 0 saturated carbocycles. The number of hydrogen-bond donors (Lipinski definition) is 1. The topological polar surface area (TPSA) is 44.8 Å². The van der Waals surface area contributed by atoms with Crippen molar-refractivity contribution >= 4 is 18.3 Å². The molecule has 2 unspecified atom stereocenters. The fraction of sp³-hybridized carbons (Fsp3) is 0.923. The van der Waals surface area contributed by atoms with Crippen LogP contribution in [0.1, 0.15) is 19.3 Å². The highest BCUT2D eigenvalue weighted by Gasteiger charge is 2.30. The van der Waals surface area contributed by atoms with E-state index in [0.717, 1.165) is 26.2 Å². The number of carbonyl (C=O) groups excluding carboxylic acids is 1. The van der Waals surface area contributed by atoms with E-state index in [4.69, 9.17) is 4.74 Å². The summed E-state index contributed by atoms with van der Waals surface area (Å²) in [4.78, 5) is 16.5. The maximum atomic E-state index is 12.2. The predicted octanol–water partition coefficient (Wildman–Crippen LogP) is 0.0933. The SMILES string of the molecule is Cl.O=C(CN1CCC2CCC(C1)N2)N1CCOCC1. The van der Waals surface area contributed by atoms with E-state index in [9.17, 15) is 4.79 Å². The summed E-state index contributed by atoms with van der Waals surface area (Å²) in [5.74, 6) is 0.274. The molecule has 0 spiro atoms. The number of carbonyl (C=O) groups is 1. The summed E-state index contributed by atoms with van der Waals surface area (Å²) < 4.78 is 5.28. The van der Waals surface area contributed by atoms with Crippen molar-refractivity contribution in [3.63, 3.8) is 0 Å². The van der Waals surface area contributed by atoms with E-state index in [1.165, 1.54) is 19.3 Å². The highest BCUT2D eigenvalue weighted by atomic mass is 35.5. The molecule has 3 aliphatic heterocycles. The van der Waals surface area contributed by atoms with E-state index >= 15 is 0 Å². The smallest absolute Gasteiger partial charge is 0.236 e. The zero-order valence-electron chi connectivity index (χ0n) is 11.3. The van der Waals surface area contributed by atoms with Gasteiger partial charge in [0.1, 0.15) is 0 Å². The normalized spacial score (nSPS) is 31.7. The molecule has 2 bridgehead atoms. The minimum atomic E-state index is 0. The molecule has 3 aliphatic rings. The highest BCUT2D eigenvalue weighted by molar-refractivity contribution is 5.85. The number of amides is 1. The van der Waals surface area contributed by atoms with Gasteiger partial charge in [0.2, 0.25) is 5.91 Å². The van der Waals surface area contributed by atoms with Crippen LogP contribution in [0.3, 0.4) is 0 Å². The van der Waals surface area contributed by atoms with Crippen LogP contribution in [-0.4, -0.2) is 73.7 Å². The largest absolute Gasteiger partial charge is 0.378 e. The van der Waals surface area contributed by atoms with Crippen LogP contribution in [0.25, 0.3) is 0 Å². The Morgan fingerprint density at radius 2 is 1.84 bits per heavy atom. The van der Waals surface area contributed by atoms with Crippen LogP contribution in [-0.2, 0) is 9.53 Å². The van der Waals surface area contributed by atoms with Crippen molar-refractivity contribution in [2.24, 2.45) is 0 Å². The lowest BCUT2D eigenvalue weighted by molar-refractivity contribution is -0.136. The molecule has 5 nitrogen and oxygen atoms in total. The minimum Gasteiger partial charge on any atom is -0.378 e. The molecule has 3 saturated heterocycles. The number of rotatable bonds is 2. The number of fused-ring (bicyclic) bond motifs is 2. The Morgan fingerprint density at radius 3 is 2.63 bits per heavy atom. The third kappa shape index (κ3) is 3.81. The molecule has 3 fully saturated rings. The first-order valence-corrected chi connectivity index (χ1v) is 7.15. The van der Waals surface area contributed by atoms with Gasteiger partial charge in [0, 0.05) is 38.3 Å². The Kier molecular flexibility index (Phi) is 5.45. The Morgan fingerprint density at radius 1 is 1.11 bits per heavy atom. The summed E-state index contributed by atoms with van der Waals surface area (Å²) in [5.41, 5.74) is 0. The van der Waals surface area contributed by atoms with Crippen LogP contribution in [0.4, 0.5) is 0 Å². The van der Waals surface area contributed by atoms with Gasteiger partial charge >= 0.3 is 0 Å². The van der Waals surface area contributed by atoms with Gasteiger partial charge in [-0.3, -0.25) is 9.69 Å². The lowest BCUT2D eigenvalue weighted by Crippen LogP contribution is -2.47. The second-order valence-corrected chi connectivity index (χ2v) is 5.65. The average Bonchev–Trinajstić information content (AvgIpc) is 2.74. The van der Waals surface area contributed by atoms with Crippen LogP contribution >= 0.6 is 12.4 Å². The molecule has 2 atom stereocenters. The van der Waals surface area contributed by atoms with Crippen molar-refractivity contribution in [1.29, 1.82) is 0 Å². The Balaban J connectivity index is 0.00000133. The third-order valence-corrected chi connectivity index (χ3v) is 4.33. The number of morpholine rings is 1. The van der Waals surface area contributed by atoms with Crippen molar-refractivity contribution in [2.45, 2.75) is 31.3 Å². The van der Waals surface area contributed by atoms with Crippen LogP contribution < -0.4 is 5.32 Å². The quantitative estimate of drug-likeness (QED) is 0.783. The van der Waals surface area contributed by atoms with Gasteiger partial charge in [0.05, 0.1) is 19.8 Å². The number of hydrogen-bond acceptors (Lipinski definition) is 4. The molecule has 0 radical (unpaired) electrons. The molecular weight excluding hydrogens is 266 g/mol. The Bertz CT molecular complexity index is 310. The summed E-state index contributed by atoms with van der Waals surface area (Å²) in [6.07, 6.45) is 3.77. The van der Waals surface area contributed by atoms with Crippen molar-refractivity contribution < 1.29 is 9.53 Å². The van der Waals surface area contributed by atoms with Crippen LogP contribution in [0.15, 0.2) is 0 Å². The fourth-order valence-electron chi connectivity index (χ4n) is 3.26. The van der Waals surface area contributed by atoms with Crippen molar-refractivity contribution in [3.8, 4) is 0 Å². The number of nitrogens with one attached hydrogen (secondary N) is 1. The van der Waals surface area contributed by atoms with Gasteiger partial charge in [0.25, 0.3) is 0 Å². The van der Waals surface area contributed by atoms with Gasteiger partial charge in [-0.1, -0.05) is 0 Å². The highest BCUT2D eigenvalue weighted by Crippen LogP contribution is 2.20. The second kappa shape index (κ2) is 6.88. The van der Waals surface area contributed by atoms with E-state index in [2.05, 4.69) is 10.2 Å².